The van der Waals surface area contributed by atoms with Crippen molar-refractivity contribution >= 4 is 0 Å². The molecule has 3 unspecified atom stereocenters. The summed E-state index contributed by atoms with van der Waals surface area (Å²) in [7, 11) is 0. The topological polar surface area (TPSA) is 24.1 Å². The monoisotopic (exact) mass is 224 g/mol. The van der Waals surface area contributed by atoms with Crippen molar-refractivity contribution in [3.05, 3.63) is 0 Å². The SMILES string of the molecule is CCC(CCCC1CCCN1)C1CCNC1. The standard InChI is InChI=1S/C14H28N2/c1-2-12(13-8-10-15-11-13)5-3-6-14-7-4-9-16-14/h12-16H,2-11H2,1H3. The van der Waals surface area contributed by atoms with E-state index in [1.807, 2.05) is 0 Å². The molecule has 0 spiro atoms. The second kappa shape index (κ2) is 6.61. The third kappa shape index (κ3) is 3.46. The number of rotatable bonds is 6. The summed E-state index contributed by atoms with van der Waals surface area (Å²) >= 11 is 0. The van der Waals surface area contributed by atoms with Crippen molar-refractivity contribution in [2.75, 3.05) is 19.6 Å². The van der Waals surface area contributed by atoms with Gasteiger partial charge < -0.3 is 10.6 Å². The summed E-state index contributed by atoms with van der Waals surface area (Å²) in [5, 5.41) is 7.11. The van der Waals surface area contributed by atoms with Crippen molar-refractivity contribution in [3.8, 4) is 0 Å². The van der Waals surface area contributed by atoms with Gasteiger partial charge in [0.15, 0.2) is 0 Å². The molecule has 2 aliphatic heterocycles. The summed E-state index contributed by atoms with van der Waals surface area (Å²) in [6, 6.07) is 0.846. The molecule has 2 heteroatoms. The lowest BCUT2D eigenvalue weighted by Gasteiger charge is -2.22. The zero-order valence-electron chi connectivity index (χ0n) is 10.8. The Morgan fingerprint density at radius 3 is 2.81 bits per heavy atom. The molecule has 16 heavy (non-hydrogen) atoms. The van der Waals surface area contributed by atoms with Gasteiger partial charge in [0.25, 0.3) is 0 Å². The molecule has 0 bridgehead atoms. The summed E-state index contributed by atoms with van der Waals surface area (Å²) in [6.07, 6.45) is 9.92. The molecule has 2 aliphatic rings. The van der Waals surface area contributed by atoms with Gasteiger partial charge in [0.05, 0.1) is 0 Å². The quantitative estimate of drug-likeness (QED) is 0.724. The van der Waals surface area contributed by atoms with Crippen LogP contribution in [0.1, 0.15) is 51.9 Å². The van der Waals surface area contributed by atoms with Crippen LogP contribution in [0, 0.1) is 11.8 Å². The molecule has 0 aromatic rings. The lowest BCUT2D eigenvalue weighted by Crippen LogP contribution is -2.22. The summed E-state index contributed by atoms with van der Waals surface area (Å²) in [6.45, 7) is 6.16. The van der Waals surface area contributed by atoms with Crippen LogP contribution in [-0.4, -0.2) is 25.7 Å². The Hall–Kier alpha value is -0.0800. The number of hydrogen-bond acceptors (Lipinski definition) is 2. The van der Waals surface area contributed by atoms with Gasteiger partial charge in [-0.05, 0) is 57.2 Å². The predicted molar refractivity (Wildman–Crippen MR) is 69.6 cm³/mol. The maximum atomic E-state index is 3.61. The van der Waals surface area contributed by atoms with E-state index in [2.05, 4.69) is 17.6 Å². The van der Waals surface area contributed by atoms with E-state index in [1.54, 1.807) is 0 Å². The molecule has 94 valence electrons. The van der Waals surface area contributed by atoms with Crippen molar-refractivity contribution in [2.24, 2.45) is 11.8 Å². The highest BCUT2D eigenvalue weighted by Gasteiger charge is 2.23. The van der Waals surface area contributed by atoms with E-state index in [4.69, 9.17) is 0 Å². The second-order valence-electron chi connectivity index (χ2n) is 5.65. The highest BCUT2D eigenvalue weighted by atomic mass is 14.9. The minimum Gasteiger partial charge on any atom is -0.316 e. The van der Waals surface area contributed by atoms with Crippen LogP contribution in [0.4, 0.5) is 0 Å². The first-order valence-electron chi connectivity index (χ1n) is 7.34. The first-order chi connectivity index (χ1) is 7.90. The van der Waals surface area contributed by atoms with Crippen LogP contribution in [-0.2, 0) is 0 Å². The minimum absolute atomic E-state index is 0.846. The lowest BCUT2D eigenvalue weighted by molar-refractivity contribution is 0.309. The van der Waals surface area contributed by atoms with Gasteiger partial charge in [-0.1, -0.05) is 26.2 Å². The van der Waals surface area contributed by atoms with Crippen LogP contribution in [0.5, 0.6) is 0 Å². The van der Waals surface area contributed by atoms with Gasteiger partial charge in [-0.25, -0.2) is 0 Å². The van der Waals surface area contributed by atoms with Crippen molar-refractivity contribution in [3.63, 3.8) is 0 Å². The Morgan fingerprint density at radius 1 is 1.25 bits per heavy atom. The molecule has 2 saturated heterocycles. The van der Waals surface area contributed by atoms with Gasteiger partial charge in [0.2, 0.25) is 0 Å². The molecular weight excluding hydrogens is 196 g/mol. The van der Waals surface area contributed by atoms with Crippen LogP contribution in [0.25, 0.3) is 0 Å². The predicted octanol–water partition coefficient (Wildman–Crippen LogP) is 2.54. The fourth-order valence-electron chi connectivity index (χ4n) is 3.48. The maximum absolute atomic E-state index is 3.61. The molecule has 2 nitrogen and oxygen atoms in total. The van der Waals surface area contributed by atoms with Crippen LogP contribution >= 0.6 is 0 Å². The van der Waals surface area contributed by atoms with Gasteiger partial charge in [-0.3, -0.25) is 0 Å². The Labute approximate surface area is 101 Å². The van der Waals surface area contributed by atoms with E-state index in [1.165, 1.54) is 64.6 Å². The zero-order chi connectivity index (χ0) is 11.2. The van der Waals surface area contributed by atoms with Crippen molar-refractivity contribution < 1.29 is 0 Å². The van der Waals surface area contributed by atoms with E-state index in [0.717, 1.165) is 17.9 Å². The summed E-state index contributed by atoms with van der Waals surface area (Å²) < 4.78 is 0. The van der Waals surface area contributed by atoms with E-state index < -0.39 is 0 Å². The highest BCUT2D eigenvalue weighted by Crippen LogP contribution is 2.27. The normalized spacial score (nSPS) is 32.1. The Morgan fingerprint density at radius 2 is 2.19 bits per heavy atom. The van der Waals surface area contributed by atoms with Crippen LogP contribution in [0.3, 0.4) is 0 Å². The van der Waals surface area contributed by atoms with Gasteiger partial charge >= 0.3 is 0 Å². The molecule has 3 atom stereocenters. The molecule has 2 fully saturated rings. The summed E-state index contributed by atoms with van der Waals surface area (Å²) in [5.74, 6) is 1.96. The molecular formula is C14H28N2. The smallest absolute Gasteiger partial charge is 0.00675 e. The molecule has 0 aromatic heterocycles. The lowest BCUT2D eigenvalue weighted by atomic mass is 9.85. The van der Waals surface area contributed by atoms with Crippen molar-refractivity contribution in [1.29, 1.82) is 0 Å². The van der Waals surface area contributed by atoms with Crippen LogP contribution in [0.2, 0.25) is 0 Å². The van der Waals surface area contributed by atoms with Gasteiger partial charge in [-0.2, -0.15) is 0 Å². The van der Waals surface area contributed by atoms with Gasteiger partial charge in [0.1, 0.15) is 0 Å². The first kappa shape index (κ1) is 12.4. The minimum atomic E-state index is 0.846. The van der Waals surface area contributed by atoms with E-state index in [-0.39, 0.29) is 0 Å². The molecule has 2 rings (SSSR count). The van der Waals surface area contributed by atoms with Crippen LogP contribution < -0.4 is 10.6 Å². The number of nitrogens with one attached hydrogen (secondary N) is 2. The van der Waals surface area contributed by atoms with Gasteiger partial charge in [-0.15, -0.1) is 0 Å². The molecule has 2 N–H and O–H groups in total. The summed E-state index contributed by atoms with van der Waals surface area (Å²) in [5.41, 5.74) is 0. The highest BCUT2D eigenvalue weighted by molar-refractivity contribution is 4.79. The average molecular weight is 224 g/mol. The Balaban J connectivity index is 1.62. The third-order valence-corrected chi connectivity index (χ3v) is 4.58. The van der Waals surface area contributed by atoms with Crippen LogP contribution in [0.15, 0.2) is 0 Å². The molecule has 0 saturated carbocycles. The molecule has 0 amide bonds. The first-order valence-corrected chi connectivity index (χ1v) is 7.34. The largest absolute Gasteiger partial charge is 0.316 e. The van der Waals surface area contributed by atoms with Crippen molar-refractivity contribution in [1.82, 2.24) is 10.6 Å². The summed E-state index contributed by atoms with van der Waals surface area (Å²) in [4.78, 5) is 0. The fourth-order valence-corrected chi connectivity index (χ4v) is 3.48. The molecule has 0 radical (unpaired) electrons. The van der Waals surface area contributed by atoms with E-state index in [9.17, 15) is 0 Å². The van der Waals surface area contributed by atoms with Crippen molar-refractivity contribution in [2.45, 2.75) is 57.9 Å². The fraction of sp³-hybridized carbons (Fsp3) is 1.00. The Bertz CT molecular complexity index is 181. The molecule has 0 aliphatic carbocycles. The third-order valence-electron chi connectivity index (χ3n) is 4.58. The van der Waals surface area contributed by atoms with E-state index in [0.29, 0.717) is 0 Å². The van der Waals surface area contributed by atoms with Gasteiger partial charge in [0, 0.05) is 6.04 Å². The number of hydrogen-bond donors (Lipinski definition) is 2. The van der Waals surface area contributed by atoms with E-state index >= 15 is 0 Å². The second-order valence-corrected chi connectivity index (χ2v) is 5.65. The molecule has 0 aromatic carbocycles. The average Bonchev–Trinajstić information content (AvgIpc) is 2.96. The molecule has 2 heterocycles. The maximum Gasteiger partial charge on any atom is 0.00675 e. The Kier molecular flexibility index (Phi) is 5.11. The zero-order valence-corrected chi connectivity index (χ0v) is 10.8.